The van der Waals surface area contributed by atoms with Crippen LogP contribution in [0.25, 0.3) is 0 Å². The molecular weight excluding hydrogens is 465 g/mol. The molecule has 2 amide bonds. The number of rotatable bonds is 22. The average Bonchev–Trinajstić information content (AvgIpc) is 2.76. The van der Waals surface area contributed by atoms with Gasteiger partial charge in [-0.1, -0.05) is 58.3 Å². The third-order valence-corrected chi connectivity index (χ3v) is 5.83. The van der Waals surface area contributed by atoms with E-state index in [1.54, 1.807) is 0 Å². The van der Waals surface area contributed by atoms with Gasteiger partial charge in [-0.25, -0.2) is 4.79 Å². The molecule has 0 radical (unpaired) electrons. The molecule has 0 saturated heterocycles. The molecule has 0 heterocycles. The van der Waals surface area contributed by atoms with Crippen molar-refractivity contribution in [2.24, 2.45) is 17.2 Å². The van der Waals surface area contributed by atoms with Gasteiger partial charge in [-0.15, -0.1) is 0 Å². The molecule has 0 unspecified atom stereocenters. The SMILES string of the molecule is CCCCCCCCCCCC(=O)NN([C@@H](CCC(N)=O)C(=O)O)[C@](N)(CCCCN)C(=O)O.[NaH]. The summed E-state index contributed by atoms with van der Waals surface area (Å²) in [5.74, 6) is -4.17. The molecule has 200 valence electrons. The second kappa shape index (κ2) is 20.9. The predicted molar refractivity (Wildman–Crippen MR) is 136 cm³/mol. The zero-order valence-corrected chi connectivity index (χ0v) is 20.6. The van der Waals surface area contributed by atoms with Crippen LogP contribution in [-0.2, 0) is 19.2 Å². The minimum atomic E-state index is -2.19. The van der Waals surface area contributed by atoms with Gasteiger partial charge in [0.15, 0.2) is 5.66 Å². The molecule has 12 heteroatoms. The summed E-state index contributed by atoms with van der Waals surface area (Å²) >= 11 is 0. The van der Waals surface area contributed by atoms with Crippen LogP contribution in [0, 0.1) is 0 Å². The molecule has 0 aromatic rings. The van der Waals surface area contributed by atoms with Gasteiger partial charge in [0.25, 0.3) is 0 Å². The molecular formula is C23H46N5NaO6. The van der Waals surface area contributed by atoms with E-state index in [1.165, 1.54) is 25.7 Å². The second-order valence-corrected chi connectivity index (χ2v) is 8.82. The first kappa shape index (κ1) is 35.9. The van der Waals surface area contributed by atoms with Gasteiger partial charge in [-0.05, 0) is 38.6 Å². The fraction of sp³-hybridized carbons (Fsp3) is 0.826. The van der Waals surface area contributed by atoms with Gasteiger partial charge in [0.2, 0.25) is 11.8 Å². The molecule has 0 aromatic heterocycles. The standard InChI is InChI=1S/C23H45N5O6.Na.H/c1-2-3-4-5-6-7-8-9-10-13-20(30)27-28(18(21(31)32)14-15-19(25)29)23(26,22(33)34)16-11-12-17-24;;/h18H,2-17,24,26H2,1H3,(H2,25,29)(H,27,30)(H,31,32)(H,33,34);;/t18-,23+;;/m0../s1. The third kappa shape index (κ3) is 15.5. The Balaban J connectivity index is 0. The van der Waals surface area contributed by atoms with Crippen molar-refractivity contribution in [2.45, 2.75) is 115 Å². The first-order chi connectivity index (χ1) is 16.1. The van der Waals surface area contributed by atoms with Crippen molar-refractivity contribution in [1.82, 2.24) is 10.4 Å². The molecule has 0 spiro atoms. The molecule has 11 nitrogen and oxygen atoms in total. The van der Waals surface area contributed by atoms with Crippen LogP contribution in [-0.4, -0.2) is 86.8 Å². The van der Waals surface area contributed by atoms with Gasteiger partial charge in [0.1, 0.15) is 6.04 Å². The number of carboxylic acids is 2. The quantitative estimate of drug-likeness (QED) is 0.0534. The fourth-order valence-corrected chi connectivity index (χ4v) is 3.75. The molecule has 0 fully saturated rings. The van der Waals surface area contributed by atoms with Gasteiger partial charge < -0.3 is 27.4 Å². The number of amides is 2. The number of nitrogens with zero attached hydrogens (tertiary/aromatic N) is 1. The molecule has 0 aliphatic rings. The number of carbonyl (C=O) groups excluding carboxylic acids is 2. The van der Waals surface area contributed by atoms with Crippen molar-refractivity contribution in [1.29, 1.82) is 0 Å². The van der Waals surface area contributed by atoms with Gasteiger partial charge >= 0.3 is 41.5 Å². The van der Waals surface area contributed by atoms with Gasteiger partial charge in [-0.3, -0.25) is 19.8 Å². The van der Waals surface area contributed by atoms with E-state index >= 15 is 0 Å². The van der Waals surface area contributed by atoms with E-state index in [4.69, 9.17) is 17.2 Å². The Morgan fingerprint density at radius 1 is 0.886 bits per heavy atom. The number of carbonyl (C=O) groups is 4. The number of unbranched alkanes of at least 4 members (excludes halogenated alkanes) is 9. The van der Waals surface area contributed by atoms with Crippen molar-refractivity contribution in [3.8, 4) is 0 Å². The summed E-state index contributed by atoms with van der Waals surface area (Å²) in [5.41, 5.74) is 17.0. The molecule has 0 aliphatic carbocycles. The zero-order chi connectivity index (χ0) is 26.0. The number of hydrogen-bond acceptors (Lipinski definition) is 7. The van der Waals surface area contributed by atoms with Crippen LogP contribution < -0.4 is 22.6 Å². The monoisotopic (exact) mass is 511 g/mol. The van der Waals surface area contributed by atoms with Crippen LogP contribution >= 0.6 is 0 Å². The molecule has 35 heavy (non-hydrogen) atoms. The second-order valence-electron chi connectivity index (χ2n) is 8.82. The minimum absolute atomic E-state index is 0. The van der Waals surface area contributed by atoms with Crippen LogP contribution in [0.3, 0.4) is 0 Å². The molecule has 9 N–H and O–H groups in total. The average molecular weight is 512 g/mol. The topological polar surface area (TPSA) is 202 Å². The number of hydrogen-bond donors (Lipinski definition) is 6. The summed E-state index contributed by atoms with van der Waals surface area (Å²) in [5, 5.41) is 20.3. The van der Waals surface area contributed by atoms with E-state index in [0.717, 1.165) is 30.7 Å². The Morgan fingerprint density at radius 3 is 1.89 bits per heavy atom. The number of nitrogens with two attached hydrogens (primary N) is 3. The Kier molecular flexibility index (Phi) is 21.5. The number of hydrazine groups is 1. The molecule has 0 rings (SSSR count). The van der Waals surface area contributed by atoms with Crippen LogP contribution in [0.15, 0.2) is 0 Å². The van der Waals surface area contributed by atoms with Gasteiger partial charge in [-0.2, -0.15) is 5.01 Å². The number of nitrogens with one attached hydrogen (secondary N) is 1. The Bertz CT molecular complexity index is 640. The first-order valence-electron chi connectivity index (χ1n) is 12.4. The summed E-state index contributed by atoms with van der Waals surface area (Å²) in [6.07, 6.45) is 9.74. The van der Waals surface area contributed by atoms with Gasteiger partial charge in [0, 0.05) is 12.8 Å². The Labute approximate surface area is 231 Å². The molecule has 0 bridgehead atoms. The maximum absolute atomic E-state index is 12.6. The van der Waals surface area contributed by atoms with Crippen LogP contribution in [0.1, 0.15) is 103 Å². The summed E-state index contributed by atoms with van der Waals surface area (Å²) in [6, 6.07) is -1.54. The van der Waals surface area contributed by atoms with Gasteiger partial charge in [0.05, 0.1) is 0 Å². The van der Waals surface area contributed by atoms with Crippen molar-refractivity contribution in [3.63, 3.8) is 0 Å². The molecule has 0 aliphatic heterocycles. The summed E-state index contributed by atoms with van der Waals surface area (Å²) in [4.78, 5) is 47.9. The fourth-order valence-electron chi connectivity index (χ4n) is 3.75. The first-order valence-corrected chi connectivity index (χ1v) is 12.4. The number of aliphatic carboxylic acids is 2. The van der Waals surface area contributed by atoms with Crippen molar-refractivity contribution in [2.75, 3.05) is 6.54 Å². The Hall–Kier alpha value is -1.24. The van der Waals surface area contributed by atoms with E-state index in [-0.39, 0.29) is 55.2 Å². The van der Waals surface area contributed by atoms with E-state index in [9.17, 15) is 29.4 Å². The molecule has 0 aromatic carbocycles. The van der Waals surface area contributed by atoms with E-state index < -0.39 is 35.5 Å². The molecule has 0 saturated carbocycles. The normalized spacial score (nSPS) is 13.5. The Morgan fingerprint density at radius 2 is 1.43 bits per heavy atom. The van der Waals surface area contributed by atoms with Crippen LogP contribution in [0.4, 0.5) is 0 Å². The number of carboxylic acid groups (broad SMARTS) is 2. The predicted octanol–water partition coefficient (Wildman–Crippen LogP) is 1.18. The molecule has 2 atom stereocenters. The van der Waals surface area contributed by atoms with Crippen LogP contribution in [0.5, 0.6) is 0 Å². The maximum atomic E-state index is 12.6. The summed E-state index contributed by atoms with van der Waals surface area (Å²) < 4.78 is 0. The van der Waals surface area contributed by atoms with E-state index in [1.807, 2.05) is 0 Å². The van der Waals surface area contributed by atoms with Crippen molar-refractivity contribution < 1.29 is 29.4 Å². The third-order valence-electron chi connectivity index (χ3n) is 5.83. The van der Waals surface area contributed by atoms with Crippen molar-refractivity contribution in [3.05, 3.63) is 0 Å². The number of primary amides is 1. The summed E-state index contributed by atoms with van der Waals surface area (Å²) in [7, 11) is 0. The van der Waals surface area contributed by atoms with E-state index in [0.29, 0.717) is 25.8 Å². The summed E-state index contributed by atoms with van der Waals surface area (Å²) in [6.45, 7) is 2.48. The van der Waals surface area contributed by atoms with Crippen LogP contribution in [0.2, 0.25) is 0 Å². The van der Waals surface area contributed by atoms with E-state index in [2.05, 4.69) is 12.3 Å². The van der Waals surface area contributed by atoms with Crippen molar-refractivity contribution >= 4 is 53.3 Å². The zero-order valence-electron chi connectivity index (χ0n) is 20.6.